The average molecular weight is 100 g/mol. The molecule has 0 aromatic carbocycles. The molecular formula is C5H10NO+. The second kappa shape index (κ2) is 5.38. The molecule has 2 nitrogen and oxygen atoms in total. The number of unbranched alkanes of at least 4 members (excludes halogenated alkanes) is 2. The van der Waals surface area contributed by atoms with Crippen LogP contribution in [0.5, 0.6) is 0 Å². The number of hydrogen-bond acceptors (Lipinski definition) is 1. The van der Waals surface area contributed by atoms with Crippen molar-refractivity contribution in [2.75, 3.05) is 0 Å². The highest BCUT2D eigenvalue weighted by Gasteiger charge is 1.83. The van der Waals surface area contributed by atoms with E-state index < -0.39 is 0 Å². The Kier molecular flexibility index (Phi) is 4.90. The number of nitrogens with zero attached hydrogens (tertiary/aromatic N) is 1. The highest BCUT2D eigenvalue weighted by molar-refractivity contribution is 5.54. The van der Waals surface area contributed by atoms with Gasteiger partial charge >= 0.3 is 6.21 Å². The Labute approximate surface area is 43.2 Å². The highest BCUT2D eigenvalue weighted by atomic mass is 16.2. The smallest absolute Gasteiger partial charge is 0.0654 e. The van der Waals surface area contributed by atoms with Crippen molar-refractivity contribution in [1.29, 1.82) is 0 Å². The van der Waals surface area contributed by atoms with Crippen LogP contribution in [0.25, 0.3) is 0 Å². The van der Waals surface area contributed by atoms with Gasteiger partial charge in [-0.3, -0.25) is 0 Å². The molecule has 0 amide bonds. The first-order valence-corrected chi connectivity index (χ1v) is 2.56. The molecule has 0 unspecified atom stereocenters. The largest absolute Gasteiger partial charge is 0.338 e. The van der Waals surface area contributed by atoms with Gasteiger partial charge in [-0.2, -0.15) is 0 Å². The minimum absolute atomic E-state index is 0.833. The van der Waals surface area contributed by atoms with Gasteiger partial charge in [0, 0.05) is 6.42 Å². The van der Waals surface area contributed by atoms with E-state index in [1.165, 1.54) is 6.21 Å². The zero-order valence-corrected chi connectivity index (χ0v) is 4.55. The molecule has 0 radical (unpaired) electrons. The van der Waals surface area contributed by atoms with Crippen LogP contribution in [0, 0.1) is 4.91 Å². The van der Waals surface area contributed by atoms with Crippen molar-refractivity contribution in [2.24, 2.45) is 0 Å². The topological polar surface area (TPSA) is 31.2 Å². The second-order valence-corrected chi connectivity index (χ2v) is 1.43. The third-order valence-electron chi connectivity index (χ3n) is 0.761. The van der Waals surface area contributed by atoms with Gasteiger partial charge in [-0.25, -0.2) is 0 Å². The lowest BCUT2D eigenvalue weighted by Gasteiger charge is -1.75. The molecule has 0 saturated heterocycles. The minimum Gasteiger partial charge on any atom is -0.0654 e. The van der Waals surface area contributed by atoms with E-state index in [0.717, 1.165) is 19.3 Å². The maximum Gasteiger partial charge on any atom is 0.338 e. The van der Waals surface area contributed by atoms with Gasteiger partial charge in [0.05, 0.1) is 0 Å². The summed E-state index contributed by atoms with van der Waals surface area (Å²) in [6.07, 6.45) is 4.45. The van der Waals surface area contributed by atoms with Crippen molar-refractivity contribution in [1.82, 2.24) is 4.85 Å². The molecule has 0 aromatic rings. The molecule has 0 rings (SSSR count). The van der Waals surface area contributed by atoms with Crippen LogP contribution >= 0.6 is 0 Å². The zero-order chi connectivity index (χ0) is 5.54. The van der Waals surface area contributed by atoms with Gasteiger partial charge in [-0.1, -0.05) is 13.3 Å². The van der Waals surface area contributed by atoms with Crippen molar-refractivity contribution in [3.8, 4) is 0 Å². The molecule has 0 bridgehead atoms. The summed E-state index contributed by atoms with van der Waals surface area (Å²) in [5.41, 5.74) is 0. The van der Waals surface area contributed by atoms with Gasteiger partial charge in [0.15, 0.2) is 4.91 Å². The quantitative estimate of drug-likeness (QED) is 0.296. The van der Waals surface area contributed by atoms with E-state index in [2.05, 4.69) is 11.8 Å². The van der Waals surface area contributed by atoms with E-state index in [-0.39, 0.29) is 0 Å². The molecule has 0 aromatic heterocycles. The van der Waals surface area contributed by atoms with Gasteiger partial charge in [0.1, 0.15) is 0 Å². The fourth-order valence-electron chi connectivity index (χ4n) is 0.348. The maximum atomic E-state index is 9.37. The first kappa shape index (κ1) is 6.38. The SMILES string of the molecule is CCCCC=[N+]=O. The van der Waals surface area contributed by atoms with Gasteiger partial charge in [-0.05, 0) is 6.42 Å². The van der Waals surface area contributed by atoms with E-state index >= 15 is 0 Å². The highest BCUT2D eigenvalue weighted by Crippen LogP contribution is 1.87. The Morgan fingerprint density at radius 3 is 2.86 bits per heavy atom. The lowest BCUT2D eigenvalue weighted by atomic mass is 10.3. The third kappa shape index (κ3) is 5.38. The number of hydrogen-bond donors (Lipinski definition) is 0. The van der Waals surface area contributed by atoms with Crippen LogP contribution in [-0.2, 0) is 0 Å². The summed E-state index contributed by atoms with van der Waals surface area (Å²) in [5.74, 6) is 0. The summed E-state index contributed by atoms with van der Waals surface area (Å²) in [7, 11) is 0. The Morgan fingerprint density at radius 2 is 2.43 bits per heavy atom. The fraction of sp³-hybridized carbons (Fsp3) is 0.800. The van der Waals surface area contributed by atoms with Crippen LogP contribution in [0.1, 0.15) is 26.2 Å². The van der Waals surface area contributed by atoms with E-state index in [1.54, 1.807) is 0 Å². The standard InChI is InChI=1S/C5H10NO/c1-2-3-4-5-6-7/h5H,2-4H2,1H3/q+1. The van der Waals surface area contributed by atoms with E-state index in [4.69, 9.17) is 0 Å². The lowest BCUT2D eigenvalue weighted by molar-refractivity contribution is 0.842. The van der Waals surface area contributed by atoms with E-state index in [9.17, 15) is 4.91 Å². The summed E-state index contributed by atoms with van der Waals surface area (Å²) in [6.45, 7) is 2.08. The summed E-state index contributed by atoms with van der Waals surface area (Å²) < 4.78 is 0. The molecule has 40 valence electrons. The first-order valence-electron chi connectivity index (χ1n) is 2.56. The van der Waals surface area contributed by atoms with Gasteiger partial charge in [-0.15, -0.1) is 0 Å². The van der Waals surface area contributed by atoms with Gasteiger partial charge < -0.3 is 0 Å². The number of rotatable bonds is 3. The molecule has 0 aliphatic heterocycles. The Morgan fingerprint density at radius 1 is 1.71 bits per heavy atom. The van der Waals surface area contributed by atoms with Crippen molar-refractivity contribution in [2.45, 2.75) is 26.2 Å². The van der Waals surface area contributed by atoms with E-state index in [1.807, 2.05) is 0 Å². The van der Waals surface area contributed by atoms with Gasteiger partial charge in [0.25, 0.3) is 0 Å². The van der Waals surface area contributed by atoms with Crippen LogP contribution in [0.3, 0.4) is 0 Å². The summed E-state index contributed by atoms with van der Waals surface area (Å²) in [6, 6.07) is 0. The third-order valence-corrected chi connectivity index (χ3v) is 0.761. The Hall–Kier alpha value is -0.620. The van der Waals surface area contributed by atoms with Crippen molar-refractivity contribution in [3.05, 3.63) is 4.91 Å². The molecule has 0 aliphatic carbocycles. The normalized spacial score (nSPS) is 7.57. The predicted molar refractivity (Wildman–Crippen MR) is 31.1 cm³/mol. The first-order chi connectivity index (χ1) is 3.41. The lowest BCUT2D eigenvalue weighted by Crippen LogP contribution is -1.75. The zero-order valence-electron chi connectivity index (χ0n) is 4.55. The average Bonchev–Trinajstić information content (AvgIpc) is 1.69. The Bertz CT molecular complexity index is 74.1. The molecule has 0 atom stereocenters. The van der Waals surface area contributed by atoms with Crippen LogP contribution in [0.2, 0.25) is 0 Å². The Balaban J connectivity index is 2.83. The number of nitroso groups, excluding NO2 is 1. The van der Waals surface area contributed by atoms with Crippen molar-refractivity contribution >= 4 is 6.21 Å². The molecule has 2 heteroatoms. The maximum absolute atomic E-state index is 9.37. The van der Waals surface area contributed by atoms with Crippen LogP contribution < -0.4 is 4.85 Å². The van der Waals surface area contributed by atoms with Crippen LogP contribution in [-0.4, -0.2) is 6.21 Å². The molecule has 0 saturated carbocycles. The molecule has 0 aliphatic rings. The van der Waals surface area contributed by atoms with Crippen LogP contribution in [0.4, 0.5) is 0 Å². The molecule has 7 heavy (non-hydrogen) atoms. The van der Waals surface area contributed by atoms with Gasteiger partial charge in [0.2, 0.25) is 4.85 Å². The van der Waals surface area contributed by atoms with Crippen molar-refractivity contribution < 1.29 is 0 Å². The van der Waals surface area contributed by atoms with E-state index in [0.29, 0.717) is 0 Å². The predicted octanol–water partition coefficient (Wildman–Crippen LogP) is 1.08. The van der Waals surface area contributed by atoms with Crippen LogP contribution in [0.15, 0.2) is 0 Å². The minimum atomic E-state index is 0.833. The summed E-state index contributed by atoms with van der Waals surface area (Å²) in [4.78, 5) is 12.0. The molecule has 0 spiro atoms. The van der Waals surface area contributed by atoms with Crippen molar-refractivity contribution in [3.63, 3.8) is 0 Å². The molecule has 0 fully saturated rings. The second-order valence-electron chi connectivity index (χ2n) is 1.43. The molecular weight excluding hydrogens is 90.1 g/mol. The summed E-state index contributed by atoms with van der Waals surface area (Å²) >= 11 is 0. The molecule has 0 N–H and O–H groups in total. The summed E-state index contributed by atoms with van der Waals surface area (Å²) in [5, 5.41) is 0. The fourth-order valence-corrected chi connectivity index (χ4v) is 0.348. The molecule has 0 heterocycles. The monoisotopic (exact) mass is 100 g/mol.